The molecule has 0 spiro atoms. The van der Waals surface area contributed by atoms with Crippen LogP contribution in [-0.2, 0) is 0 Å². The number of benzene rings is 1. The van der Waals surface area contributed by atoms with Crippen LogP contribution in [0.5, 0.6) is 0 Å². The Morgan fingerprint density at radius 1 is 1.18 bits per heavy atom. The van der Waals surface area contributed by atoms with E-state index in [-0.39, 0.29) is 5.78 Å². The fourth-order valence-electron chi connectivity index (χ4n) is 2.85. The zero-order valence-electron chi connectivity index (χ0n) is 16.5. The predicted octanol–water partition coefficient (Wildman–Crippen LogP) is 4.85. The highest BCUT2D eigenvalue weighted by Gasteiger charge is 2.10. The van der Waals surface area contributed by atoms with Gasteiger partial charge in [-0.3, -0.25) is 9.36 Å². The molecule has 1 N–H and O–H groups in total. The van der Waals surface area contributed by atoms with Crippen molar-refractivity contribution < 1.29 is 4.79 Å². The summed E-state index contributed by atoms with van der Waals surface area (Å²) in [5.74, 6) is 1.38. The van der Waals surface area contributed by atoms with Gasteiger partial charge >= 0.3 is 0 Å². The summed E-state index contributed by atoms with van der Waals surface area (Å²) in [5, 5.41) is 3.26. The van der Waals surface area contributed by atoms with Gasteiger partial charge in [0.25, 0.3) is 0 Å². The van der Waals surface area contributed by atoms with Crippen molar-refractivity contribution in [3.63, 3.8) is 0 Å². The summed E-state index contributed by atoms with van der Waals surface area (Å²) >= 11 is 0. The van der Waals surface area contributed by atoms with Crippen molar-refractivity contribution in [2.24, 2.45) is 4.99 Å². The minimum atomic E-state index is 0.00568. The van der Waals surface area contributed by atoms with Gasteiger partial charge in [0.15, 0.2) is 5.78 Å². The van der Waals surface area contributed by atoms with E-state index in [1.54, 1.807) is 19.3 Å². The highest BCUT2D eigenvalue weighted by molar-refractivity contribution is 5.95. The van der Waals surface area contributed by atoms with Gasteiger partial charge in [-0.1, -0.05) is 11.6 Å². The third-order valence-electron chi connectivity index (χ3n) is 4.26. The Balaban J connectivity index is 2.00. The van der Waals surface area contributed by atoms with Crippen LogP contribution in [0, 0.1) is 6.92 Å². The number of nitrogens with one attached hydrogen (secondary N) is 1. The van der Waals surface area contributed by atoms with Crippen LogP contribution in [-0.4, -0.2) is 27.0 Å². The van der Waals surface area contributed by atoms with Crippen LogP contribution in [0.25, 0.3) is 16.9 Å². The second-order valence-corrected chi connectivity index (χ2v) is 6.76. The molecule has 0 saturated carbocycles. The van der Waals surface area contributed by atoms with Crippen LogP contribution in [0.3, 0.4) is 0 Å². The number of aryl methyl sites for hydroxylation is 1. The first-order valence-electron chi connectivity index (χ1n) is 8.94. The Hall–Kier alpha value is -3.54. The Labute approximate surface area is 164 Å². The first kappa shape index (κ1) is 19.2. The van der Waals surface area contributed by atoms with Gasteiger partial charge in [0.05, 0.1) is 16.7 Å². The normalized spacial score (nSPS) is 11.4. The molecule has 0 fully saturated rings. The molecule has 0 unspecified atom stereocenters. The minimum absolute atomic E-state index is 0.00568. The molecule has 0 atom stereocenters. The summed E-state index contributed by atoms with van der Waals surface area (Å²) in [7, 11) is 0. The summed E-state index contributed by atoms with van der Waals surface area (Å²) in [4.78, 5) is 24.7. The molecule has 0 aliphatic carbocycles. The van der Waals surface area contributed by atoms with E-state index < -0.39 is 0 Å². The first-order chi connectivity index (χ1) is 13.4. The topological polar surface area (TPSA) is 72.2 Å². The number of nitrogens with zero attached hydrogens (tertiary/aromatic N) is 4. The van der Waals surface area contributed by atoms with Crippen LogP contribution in [0.2, 0.25) is 0 Å². The quantitative estimate of drug-likeness (QED) is 0.381. The van der Waals surface area contributed by atoms with Gasteiger partial charge in [0.1, 0.15) is 18.0 Å². The van der Waals surface area contributed by atoms with Gasteiger partial charge in [-0.25, -0.2) is 15.0 Å². The lowest BCUT2D eigenvalue weighted by Crippen LogP contribution is -2.03. The molecule has 2 aromatic heterocycles. The Morgan fingerprint density at radius 3 is 2.61 bits per heavy atom. The van der Waals surface area contributed by atoms with Crippen LogP contribution < -0.4 is 5.32 Å². The van der Waals surface area contributed by atoms with E-state index in [1.807, 2.05) is 61.8 Å². The van der Waals surface area contributed by atoms with Gasteiger partial charge in [-0.05, 0) is 70.8 Å². The molecule has 6 heteroatoms. The molecular weight excluding hydrogens is 350 g/mol. The van der Waals surface area contributed by atoms with E-state index in [2.05, 4.69) is 27.0 Å². The molecule has 28 heavy (non-hydrogen) atoms. The molecule has 6 nitrogen and oxygen atoms in total. The average Bonchev–Trinajstić information content (AvgIpc) is 3.07. The second kappa shape index (κ2) is 8.00. The fourth-order valence-corrected chi connectivity index (χ4v) is 2.85. The predicted molar refractivity (Wildman–Crippen MR) is 114 cm³/mol. The van der Waals surface area contributed by atoms with E-state index >= 15 is 0 Å². The minimum Gasteiger partial charge on any atom is -0.340 e. The van der Waals surface area contributed by atoms with Crippen molar-refractivity contribution in [3.8, 4) is 5.82 Å². The molecule has 3 aromatic rings. The number of anilines is 1. The third kappa shape index (κ3) is 4.06. The number of hydrogen-bond donors (Lipinski definition) is 1. The number of aromatic nitrogens is 3. The van der Waals surface area contributed by atoms with Gasteiger partial charge in [-0.2, -0.15) is 0 Å². The van der Waals surface area contributed by atoms with Crippen molar-refractivity contribution in [3.05, 3.63) is 71.5 Å². The smallest absolute Gasteiger partial charge is 0.161 e. The fraction of sp³-hybridized carbons (Fsp3) is 0.182. The second-order valence-electron chi connectivity index (χ2n) is 6.76. The number of hydrogen-bond acceptors (Lipinski definition) is 5. The van der Waals surface area contributed by atoms with Gasteiger partial charge < -0.3 is 5.32 Å². The van der Waals surface area contributed by atoms with Crippen molar-refractivity contribution in [2.75, 3.05) is 5.32 Å². The maximum Gasteiger partial charge on any atom is 0.161 e. The van der Waals surface area contributed by atoms with E-state index in [0.29, 0.717) is 22.9 Å². The highest BCUT2D eigenvalue weighted by Crippen LogP contribution is 2.23. The van der Waals surface area contributed by atoms with E-state index in [9.17, 15) is 4.79 Å². The summed E-state index contributed by atoms with van der Waals surface area (Å²) < 4.78 is 1.90. The summed E-state index contributed by atoms with van der Waals surface area (Å²) in [5.41, 5.74) is 5.12. The maximum atomic E-state index is 11.7. The Kier molecular flexibility index (Phi) is 5.49. The molecular formula is C22H23N5O. The van der Waals surface area contributed by atoms with Gasteiger partial charge in [0.2, 0.25) is 0 Å². The number of carbonyl (C=O) groups is 1. The molecule has 142 valence electrons. The molecule has 0 radical (unpaired) electrons. The Bertz CT molecular complexity index is 1120. The molecule has 0 bridgehead atoms. The monoisotopic (exact) mass is 373 g/mol. The summed E-state index contributed by atoms with van der Waals surface area (Å²) in [6.45, 7) is 11.0. The molecule has 1 aromatic carbocycles. The lowest BCUT2D eigenvalue weighted by molar-refractivity contribution is 0.101. The zero-order chi connectivity index (χ0) is 20.3. The molecule has 0 aliphatic heterocycles. The molecule has 0 aliphatic rings. The number of carbonyl (C=O) groups excluding carboxylic acids is 1. The van der Waals surface area contributed by atoms with Crippen LogP contribution in [0.4, 0.5) is 5.69 Å². The van der Waals surface area contributed by atoms with Crippen LogP contribution in [0.1, 0.15) is 36.8 Å². The maximum absolute atomic E-state index is 11.7. The molecule has 3 rings (SSSR count). The van der Waals surface area contributed by atoms with E-state index in [4.69, 9.17) is 0 Å². The first-order valence-corrected chi connectivity index (χ1v) is 8.94. The SMILES string of the molecule is C=N/C(=C\C=C(C)C)Nc1ccc2ncn(-c3ccc(C(C)=O)c(C)n3)c2c1. The number of aliphatic imine (C=N–C) groups is 1. The lowest BCUT2D eigenvalue weighted by atomic mass is 10.1. The van der Waals surface area contributed by atoms with E-state index in [1.165, 1.54) is 5.57 Å². The number of imidazole rings is 1. The number of fused-ring (bicyclic) bond motifs is 1. The largest absolute Gasteiger partial charge is 0.340 e. The number of Topliss-reactive ketones (excluding diaryl/α,β-unsaturated/α-hetero) is 1. The average molecular weight is 373 g/mol. The highest BCUT2D eigenvalue weighted by atomic mass is 16.1. The van der Waals surface area contributed by atoms with Gasteiger partial charge in [0, 0.05) is 11.3 Å². The van der Waals surface area contributed by atoms with Crippen LogP contribution in [0.15, 0.2) is 65.2 Å². The van der Waals surface area contributed by atoms with Crippen molar-refractivity contribution in [2.45, 2.75) is 27.7 Å². The van der Waals surface area contributed by atoms with Crippen molar-refractivity contribution in [1.82, 2.24) is 14.5 Å². The lowest BCUT2D eigenvalue weighted by Gasteiger charge is -2.09. The van der Waals surface area contributed by atoms with Crippen molar-refractivity contribution >= 4 is 29.2 Å². The third-order valence-corrected chi connectivity index (χ3v) is 4.26. The molecule has 0 amide bonds. The summed E-state index contributed by atoms with van der Waals surface area (Å²) in [6, 6.07) is 9.50. The van der Waals surface area contributed by atoms with Gasteiger partial charge in [-0.15, -0.1) is 0 Å². The van der Waals surface area contributed by atoms with Crippen molar-refractivity contribution in [1.29, 1.82) is 0 Å². The molecule has 2 heterocycles. The zero-order valence-corrected chi connectivity index (χ0v) is 16.5. The Morgan fingerprint density at radius 2 is 1.96 bits per heavy atom. The number of ketones is 1. The number of rotatable bonds is 6. The standard InChI is InChI=1S/C22H23N5O/c1-14(2)6-10-21(23-5)26-17-7-9-19-20(12-17)27(13-24-19)22-11-8-18(16(4)28)15(3)25-22/h6-13,26H,5H2,1-4H3/b21-10+. The number of pyridine rings is 1. The number of allylic oxidation sites excluding steroid dienone is 3. The van der Waals surface area contributed by atoms with Crippen LogP contribution >= 0.6 is 0 Å². The van der Waals surface area contributed by atoms with E-state index in [0.717, 1.165) is 16.7 Å². The molecule has 0 saturated heterocycles. The summed E-state index contributed by atoms with van der Waals surface area (Å²) in [6.07, 6.45) is 5.59.